The van der Waals surface area contributed by atoms with Crippen LogP contribution in [0.4, 0.5) is 0 Å². The van der Waals surface area contributed by atoms with Crippen molar-refractivity contribution in [3.8, 4) is 50.3 Å². The standard InChI is InChI=1S/C60H37N3/c1-2-17-41(18-3-1)63-57-32-9-8-21-52(57)55-36-39(33-34-58(55)63)43-25-12-29-47-45(43)27-14-31-49(47)48-30-13-26-44-42(24-11-28-46(44)48)38-15-10-16-40(35-38)56-37-61-59-53-22-6-4-19-50(53)51-20-5-7-23-54(51)60(59)62-56/h1-37H. The Hall–Kier alpha value is -8.40. The zero-order valence-electron chi connectivity index (χ0n) is 34.2. The second-order valence-electron chi connectivity index (χ2n) is 16.5. The van der Waals surface area contributed by atoms with Crippen molar-refractivity contribution >= 4 is 75.9 Å². The summed E-state index contributed by atoms with van der Waals surface area (Å²) in [7, 11) is 0. The average molecular weight is 800 g/mol. The maximum atomic E-state index is 5.31. The number of nitrogens with zero attached hydrogens (tertiary/aromatic N) is 3. The van der Waals surface area contributed by atoms with E-state index in [1.165, 1.54) is 87.6 Å². The first-order valence-electron chi connectivity index (χ1n) is 21.6. The minimum Gasteiger partial charge on any atom is -0.309 e. The molecule has 0 aliphatic carbocycles. The first kappa shape index (κ1) is 35.4. The largest absolute Gasteiger partial charge is 0.309 e. The highest BCUT2D eigenvalue weighted by Crippen LogP contribution is 2.42. The molecule has 3 heteroatoms. The molecule has 3 nitrogen and oxygen atoms in total. The molecule has 13 rings (SSSR count). The van der Waals surface area contributed by atoms with Crippen LogP contribution in [0.3, 0.4) is 0 Å². The summed E-state index contributed by atoms with van der Waals surface area (Å²) in [6, 6.07) is 79.1. The second kappa shape index (κ2) is 14.1. The normalized spacial score (nSPS) is 11.8. The van der Waals surface area contributed by atoms with Crippen LogP contribution < -0.4 is 0 Å². The van der Waals surface area contributed by atoms with Gasteiger partial charge in [0.15, 0.2) is 0 Å². The summed E-state index contributed by atoms with van der Waals surface area (Å²) in [6.07, 6.45) is 1.93. The van der Waals surface area contributed by atoms with Crippen molar-refractivity contribution in [2.24, 2.45) is 0 Å². The molecule has 0 radical (unpaired) electrons. The van der Waals surface area contributed by atoms with E-state index in [0.29, 0.717) is 0 Å². The van der Waals surface area contributed by atoms with Gasteiger partial charge in [-0.15, -0.1) is 0 Å². The van der Waals surface area contributed by atoms with Gasteiger partial charge >= 0.3 is 0 Å². The molecule has 2 aromatic heterocycles. The van der Waals surface area contributed by atoms with Crippen LogP contribution in [-0.4, -0.2) is 14.5 Å². The lowest BCUT2D eigenvalue weighted by atomic mass is 9.89. The molecule has 0 atom stereocenters. The van der Waals surface area contributed by atoms with Gasteiger partial charge in [-0.25, -0.2) is 4.98 Å². The second-order valence-corrected chi connectivity index (χ2v) is 16.5. The van der Waals surface area contributed by atoms with Crippen LogP contribution in [-0.2, 0) is 0 Å². The number of hydrogen-bond donors (Lipinski definition) is 0. The minimum absolute atomic E-state index is 0.860. The molecule has 0 amide bonds. The summed E-state index contributed by atoms with van der Waals surface area (Å²) in [5.41, 5.74) is 14.5. The van der Waals surface area contributed by atoms with E-state index in [0.717, 1.165) is 38.6 Å². The first-order valence-corrected chi connectivity index (χ1v) is 21.6. The maximum Gasteiger partial charge on any atom is 0.0979 e. The van der Waals surface area contributed by atoms with E-state index >= 15 is 0 Å². The van der Waals surface area contributed by atoms with Gasteiger partial charge in [0.25, 0.3) is 0 Å². The van der Waals surface area contributed by atoms with E-state index in [4.69, 9.17) is 9.97 Å². The molecule has 0 unspecified atom stereocenters. The summed E-state index contributed by atoms with van der Waals surface area (Å²) in [4.78, 5) is 10.4. The fourth-order valence-corrected chi connectivity index (χ4v) is 10.2. The third kappa shape index (κ3) is 5.53. The van der Waals surface area contributed by atoms with Crippen LogP contribution in [0.1, 0.15) is 0 Å². The Morgan fingerprint density at radius 2 is 0.762 bits per heavy atom. The highest BCUT2D eigenvalue weighted by atomic mass is 15.0. The van der Waals surface area contributed by atoms with Crippen molar-refractivity contribution in [1.29, 1.82) is 0 Å². The predicted octanol–water partition coefficient (Wildman–Crippen LogP) is 16.0. The van der Waals surface area contributed by atoms with Crippen LogP contribution in [0.25, 0.3) is 126 Å². The highest BCUT2D eigenvalue weighted by Gasteiger charge is 2.17. The summed E-state index contributed by atoms with van der Waals surface area (Å²) in [5, 5.41) is 12.0. The molecule has 0 aliphatic rings. The Morgan fingerprint density at radius 1 is 0.286 bits per heavy atom. The van der Waals surface area contributed by atoms with Crippen molar-refractivity contribution in [2.45, 2.75) is 0 Å². The van der Waals surface area contributed by atoms with Gasteiger partial charge in [-0.3, -0.25) is 4.98 Å². The van der Waals surface area contributed by atoms with Gasteiger partial charge < -0.3 is 4.57 Å². The molecule has 0 saturated carbocycles. The fraction of sp³-hybridized carbons (Fsp3) is 0. The van der Waals surface area contributed by atoms with E-state index in [1.54, 1.807) is 0 Å². The van der Waals surface area contributed by atoms with E-state index in [1.807, 2.05) is 6.20 Å². The van der Waals surface area contributed by atoms with E-state index in [-0.39, 0.29) is 0 Å². The summed E-state index contributed by atoms with van der Waals surface area (Å²) < 4.78 is 2.38. The van der Waals surface area contributed by atoms with Crippen molar-refractivity contribution in [2.75, 3.05) is 0 Å². The Bertz CT molecular complexity index is 3940. The molecule has 0 spiro atoms. The quantitative estimate of drug-likeness (QED) is 0.162. The van der Waals surface area contributed by atoms with E-state index < -0.39 is 0 Å². The number of hydrogen-bond acceptors (Lipinski definition) is 2. The van der Waals surface area contributed by atoms with Gasteiger partial charge in [-0.1, -0.05) is 182 Å². The smallest absolute Gasteiger partial charge is 0.0979 e. The fourth-order valence-electron chi connectivity index (χ4n) is 10.2. The molecule has 11 aromatic carbocycles. The molecule has 0 aliphatic heterocycles. The predicted molar refractivity (Wildman–Crippen MR) is 266 cm³/mol. The molecule has 2 heterocycles. The lowest BCUT2D eigenvalue weighted by Gasteiger charge is -2.15. The Labute approximate surface area is 363 Å². The number of benzene rings is 11. The third-order valence-corrected chi connectivity index (χ3v) is 13.0. The molecular weight excluding hydrogens is 763 g/mol. The molecule has 0 N–H and O–H groups in total. The van der Waals surface area contributed by atoms with Gasteiger partial charge in [0.05, 0.1) is 34.0 Å². The first-order chi connectivity index (χ1) is 31.3. The van der Waals surface area contributed by atoms with Crippen LogP contribution in [0, 0.1) is 0 Å². The molecule has 0 bridgehead atoms. The van der Waals surface area contributed by atoms with Crippen molar-refractivity contribution < 1.29 is 0 Å². The summed E-state index contributed by atoms with van der Waals surface area (Å²) in [5.74, 6) is 0. The van der Waals surface area contributed by atoms with Crippen LogP contribution in [0.2, 0.25) is 0 Å². The van der Waals surface area contributed by atoms with Crippen LogP contribution in [0.15, 0.2) is 225 Å². The highest BCUT2D eigenvalue weighted by molar-refractivity contribution is 6.23. The van der Waals surface area contributed by atoms with E-state index in [9.17, 15) is 0 Å². The van der Waals surface area contributed by atoms with Crippen molar-refractivity contribution in [3.63, 3.8) is 0 Å². The Balaban J connectivity index is 0.918. The van der Waals surface area contributed by atoms with Crippen LogP contribution in [0.5, 0.6) is 0 Å². The van der Waals surface area contributed by atoms with Gasteiger partial charge in [-0.05, 0) is 102 Å². The van der Waals surface area contributed by atoms with Crippen molar-refractivity contribution in [3.05, 3.63) is 225 Å². The van der Waals surface area contributed by atoms with Crippen molar-refractivity contribution in [1.82, 2.24) is 14.5 Å². The molecule has 63 heavy (non-hydrogen) atoms. The molecule has 292 valence electrons. The number of rotatable bonds is 5. The number of aromatic nitrogens is 3. The topological polar surface area (TPSA) is 30.7 Å². The average Bonchev–Trinajstić information content (AvgIpc) is 3.69. The lowest BCUT2D eigenvalue weighted by Crippen LogP contribution is -1.93. The number of para-hydroxylation sites is 2. The maximum absolute atomic E-state index is 5.31. The van der Waals surface area contributed by atoms with Crippen LogP contribution >= 0.6 is 0 Å². The van der Waals surface area contributed by atoms with Gasteiger partial charge in [0, 0.05) is 32.8 Å². The summed E-state index contributed by atoms with van der Waals surface area (Å²) >= 11 is 0. The third-order valence-electron chi connectivity index (χ3n) is 13.0. The molecule has 0 saturated heterocycles. The monoisotopic (exact) mass is 799 g/mol. The summed E-state index contributed by atoms with van der Waals surface area (Å²) in [6.45, 7) is 0. The van der Waals surface area contributed by atoms with Gasteiger partial charge in [0.2, 0.25) is 0 Å². The molecule has 13 aromatic rings. The van der Waals surface area contributed by atoms with E-state index in [2.05, 4.69) is 223 Å². The Kier molecular flexibility index (Phi) is 7.91. The minimum atomic E-state index is 0.860. The zero-order valence-corrected chi connectivity index (χ0v) is 34.2. The van der Waals surface area contributed by atoms with Gasteiger partial charge in [-0.2, -0.15) is 0 Å². The zero-order chi connectivity index (χ0) is 41.4. The molecular formula is C60H37N3. The number of fused-ring (bicyclic) bond motifs is 11. The molecule has 0 fully saturated rings. The Morgan fingerprint density at radius 3 is 1.43 bits per heavy atom. The SMILES string of the molecule is c1ccc(-n2c3ccccc3c3cc(-c4cccc5c(-c6cccc7c(-c8cccc(-c9cnc%10c%11ccccc%11c%11ccccc%11c%10n9)c8)cccc67)cccc45)ccc32)cc1. The lowest BCUT2D eigenvalue weighted by molar-refractivity contribution is 1.18. The van der Waals surface area contributed by atoms with Gasteiger partial charge in [0.1, 0.15) is 0 Å².